The van der Waals surface area contributed by atoms with Gasteiger partial charge in [-0.25, -0.2) is 13.9 Å². The van der Waals surface area contributed by atoms with Gasteiger partial charge < -0.3 is 10.0 Å². The van der Waals surface area contributed by atoms with Gasteiger partial charge in [-0.3, -0.25) is 9.69 Å². The van der Waals surface area contributed by atoms with E-state index in [1.54, 1.807) is 36.4 Å². The molecule has 1 amide bonds. The zero-order valence-corrected chi connectivity index (χ0v) is 20.4. The number of hydrogen-bond donors (Lipinski definition) is 1. The second-order valence-corrected chi connectivity index (χ2v) is 8.97. The molecule has 3 aromatic carbocycles. The number of nitrogens with zero attached hydrogens (tertiary/aromatic N) is 4. The van der Waals surface area contributed by atoms with Crippen LogP contribution in [-0.4, -0.2) is 53.1 Å². The number of benzene rings is 3. The van der Waals surface area contributed by atoms with E-state index >= 15 is 0 Å². The van der Waals surface area contributed by atoms with Crippen LogP contribution in [0.25, 0.3) is 22.0 Å². The number of hydrogen-bond acceptors (Lipinski definition) is 4. The molecule has 0 saturated carbocycles. The van der Waals surface area contributed by atoms with E-state index < -0.39 is 6.09 Å². The molecule has 0 fully saturated rings. The van der Waals surface area contributed by atoms with E-state index in [2.05, 4.69) is 10.00 Å². The summed E-state index contributed by atoms with van der Waals surface area (Å²) >= 11 is 0. The largest absolute Gasteiger partial charge is 0.465 e. The molecule has 1 heterocycles. The van der Waals surface area contributed by atoms with Crippen LogP contribution in [0.1, 0.15) is 18.4 Å². The highest BCUT2D eigenvalue weighted by molar-refractivity contribution is 5.93. The van der Waals surface area contributed by atoms with E-state index in [0.717, 1.165) is 24.9 Å². The lowest BCUT2D eigenvalue weighted by molar-refractivity contribution is 0.201. The predicted molar refractivity (Wildman–Crippen MR) is 140 cm³/mol. The predicted octanol–water partition coefficient (Wildman–Crippen LogP) is 5.08. The van der Waals surface area contributed by atoms with Crippen LogP contribution in [0.3, 0.4) is 0 Å². The Morgan fingerprint density at radius 3 is 2.19 bits per heavy atom. The third kappa shape index (κ3) is 5.78. The number of amides is 1. The molecule has 0 aliphatic rings. The second-order valence-electron chi connectivity index (χ2n) is 8.97. The zero-order chi connectivity index (χ0) is 25.7. The van der Waals surface area contributed by atoms with Gasteiger partial charge in [0.1, 0.15) is 5.82 Å². The zero-order valence-electron chi connectivity index (χ0n) is 20.4. The summed E-state index contributed by atoms with van der Waals surface area (Å²) in [5.41, 5.74) is 2.47. The maximum Gasteiger partial charge on any atom is 0.411 e. The molecule has 1 aromatic heterocycles. The smallest absolute Gasteiger partial charge is 0.411 e. The van der Waals surface area contributed by atoms with Crippen molar-refractivity contribution < 1.29 is 14.3 Å². The fourth-order valence-electron chi connectivity index (χ4n) is 4.15. The van der Waals surface area contributed by atoms with Crippen LogP contribution in [-0.2, 0) is 6.54 Å². The quantitative estimate of drug-likeness (QED) is 0.333. The van der Waals surface area contributed by atoms with Crippen molar-refractivity contribution in [2.45, 2.75) is 19.4 Å². The lowest BCUT2D eigenvalue weighted by atomic mass is 10.0. The van der Waals surface area contributed by atoms with Gasteiger partial charge in [0.2, 0.25) is 0 Å². The minimum Gasteiger partial charge on any atom is -0.465 e. The van der Waals surface area contributed by atoms with Gasteiger partial charge in [0.25, 0.3) is 5.56 Å². The second kappa shape index (κ2) is 11.1. The van der Waals surface area contributed by atoms with Gasteiger partial charge in [0.05, 0.1) is 17.6 Å². The molecule has 0 unspecified atom stereocenters. The average molecular weight is 489 g/mol. The van der Waals surface area contributed by atoms with Gasteiger partial charge in [-0.2, -0.15) is 5.10 Å². The SMILES string of the molecule is CN(C)CCCCN(C(=O)O)c1ccc(Cn2nc(-c3ccc(F)cc3)c3ccccc3c2=O)cc1. The molecule has 0 saturated heterocycles. The lowest BCUT2D eigenvalue weighted by Crippen LogP contribution is -2.30. The Morgan fingerprint density at radius 1 is 0.917 bits per heavy atom. The van der Waals surface area contributed by atoms with Crippen LogP contribution in [0.15, 0.2) is 77.6 Å². The van der Waals surface area contributed by atoms with Gasteiger partial charge in [-0.1, -0.05) is 30.3 Å². The Morgan fingerprint density at radius 2 is 1.56 bits per heavy atom. The molecule has 36 heavy (non-hydrogen) atoms. The molecule has 0 aliphatic carbocycles. The molecule has 186 valence electrons. The molecule has 1 N–H and O–H groups in total. The highest BCUT2D eigenvalue weighted by Gasteiger charge is 2.15. The first-order valence-electron chi connectivity index (χ1n) is 11.8. The molecule has 4 rings (SSSR count). The molecule has 8 heteroatoms. The molecular formula is C28H29FN4O3. The van der Waals surface area contributed by atoms with Crippen molar-refractivity contribution in [1.82, 2.24) is 14.7 Å². The van der Waals surface area contributed by atoms with Crippen LogP contribution in [0, 0.1) is 5.82 Å². The molecule has 0 atom stereocenters. The highest BCUT2D eigenvalue weighted by Crippen LogP contribution is 2.25. The van der Waals surface area contributed by atoms with Crippen molar-refractivity contribution >= 4 is 22.6 Å². The van der Waals surface area contributed by atoms with Crippen LogP contribution in [0.2, 0.25) is 0 Å². The van der Waals surface area contributed by atoms with Crippen LogP contribution in [0.5, 0.6) is 0 Å². The number of carboxylic acid groups (broad SMARTS) is 1. The number of fused-ring (bicyclic) bond motifs is 1. The Balaban J connectivity index is 1.60. The van der Waals surface area contributed by atoms with Crippen molar-refractivity contribution in [1.29, 1.82) is 0 Å². The lowest BCUT2D eigenvalue weighted by Gasteiger charge is -2.20. The first-order valence-corrected chi connectivity index (χ1v) is 11.8. The summed E-state index contributed by atoms with van der Waals surface area (Å²) in [6, 6.07) is 20.4. The fraction of sp³-hybridized carbons (Fsp3) is 0.250. The summed E-state index contributed by atoms with van der Waals surface area (Å²) < 4.78 is 14.9. The minimum atomic E-state index is -0.996. The molecule has 7 nitrogen and oxygen atoms in total. The first-order chi connectivity index (χ1) is 17.3. The Kier molecular flexibility index (Phi) is 7.75. The number of halogens is 1. The van der Waals surface area contributed by atoms with E-state index in [1.165, 1.54) is 21.7 Å². The van der Waals surface area contributed by atoms with E-state index in [0.29, 0.717) is 34.3 Å². The van der Waals surface area contributed by atoms with Crippen molar-refractivity contribution in [2.75, 3.05) is 32.1 Å². The average Bonchev–Trinajstić information content (AvgIpc) is 2.87. The third-order valence-electron chi connectivity index (χ3n) is 6.03. The van der Waals surface area contributed by atoms with Crippen molar-refractivity contribution in [3.63, 3.8) is 0 Å². The number of unbranched alkanes of at least 4 members (excludes halogenated alkanes) is 1. The Hall–Kier alpha value is -4.04. The van der Waals surface area contributed by atoms with E-state index in [4.69, 9.17) is 0 Å². The maximum absolute atomic E-state index is 13.5. The molecule has 4 aromatic rings. The van der Waals surface area contributed by atoms with Crippen molar-refractivity contribution in [2.24, 2.45) is 0 Å². The van der Waals surface area contributed by atoms with E-state index in [9.17, 15) is 19.1 Å². The van der Waals surface area contributed by atoms with E-state index in [1.807, 2.05) is 38.4 Å². The van der Waals surface area contributed by atoms with Crippen molar-refractivity contribution in [3.05, 3.63) is 94.5 Å². The normalized spacial score (nSPS) is 11.2. The Bertz CT molecular complexity index is 1400. The van der Waals surface area contributed by atoms with Crippen LogP contribution >= 0.6 is 0 Å². The highest BCUT2D eigenvalue weighted by atomic mass is 19.1. The molecule has 0 spiro atoms. The summed E-state index contributed by atoms with van der Waals surface area (Å²) in [5, 5.41) is 15.5. The first kappa shape index (κ1) is 25.1. The molecule has 0 bridgehead atoms. The van der Waals surface area contributed by atoms with Gasteiger partial charge in [0, 0.05) is 23.2 Å². The summed E-state index contributed by atoms with van der Waals surface area (Å²) in [6.45, 7) is 1.53. The number of aromatic nitrogens is 2. The molecule has 0 aliphatic heterocycles. The fourth-order valence-corrected chi connectivity index (χ4v) is 4.15. The van der Waals surface area contributed by atoms with E-state index in [-0.39, 0.29) is 17.9 Å². The number of carbonyl (C=O) groups is 1. The van der Waals surface area contributed by atoms with Crippen molar-refractivity contribution in [3.8, 4) is 11.3 Å². The molecular weight excluding hydrogens is 459 g/mol. The molecule has 0 radical (unpaired) electrons. The van der Waals surface area contributed by atoms with Gasteiger partial charge in [-0.05, 0) is 81.5 Å². The van der Waals surface area contributed by atoms with Gasteiger partial charge >= 0.3 is 6.09 Å². The minimum absolute atomic E-state index is 0.216. The summed E-state index contributed by atoms with van der Waals surface area (Å²) in [4.78, 5) is 28.4. The summed E-state index contributed by atoms with van der Waals surface area (Å²) in [7, 11) is 3.98. The summed E-state index contributed by atoms with van der Waals surface area (Å²) in [6.07, 6.45) is 0.667. The van der Waals surface area contributed by atoms with Gasteiger partial charge in [0.15, 0.2) is 0 Å². The van der Waals surface area contributed by atoms with Gasteiger partial charge in [-0.15, -0.1) is 0 Å². The Labute approximate surface area is 209 Å². The topological polar surface area (TPSA) is 78.7 Å². The standard InChI is InChI=1S/C28H29FN4O3/c1-31(2)17-5-6-18-32(28(35)36)23-15-9-20(10-16-23)19-33-27(34)25-8-4-3-7-24(25)26(30-33)21-11-13-22(29)14-12-21/h3-4,7-16H,5-6,17-19H2,1-2H3,(H,35,36). The summed E-state index contributed by atoms with van der Waals surface area (Å²) in [5.74, 6) is -0.343. The number of rotatable bonds is 9. The maximum atomic E-state index is 13.5. The van der Waals surface area contributed by atoms with Crippen LogP contribution < -0.4 is 10.5 Å². The third-order valence-corrected chi connectivity index (χ3v) is 6.03. The monoisotopic (exact) mass is 488 g/mol. The number of anilines is 1. The van der Waals surface area contributed by atoms with Crippen LogP contribution in [0.4, 0.5) is 14.9 Å².